The second-order valence-corrected chi connectivity index (χ2v) is 4.06. The molecule has 0 amide bonds. The lowest BCUT2D eigenvalue weighted by Gasteiger charge is -2.15. The van der Waals surface area contributed by atoms with Crippen molar-refractivity contribution in [3.63, 3.8) is 0 Å². The number of nitrogens with one attached hydrogen (secondary N) is 2. The van der Waals surface area contributed by atoms with Gasteiger partial charge in [0.15, 0.2) is 5.56 Å². The van der Waals surface area contributed by atoms with Crippen molar-refractivity contribution in [2.45, 2.75) is 32.3 Å². The molecular formula is C10H15ClN2O3. The summed E-state index contributed by atoms with van der Waals surface area (Å²) in [6.07, 6.45) is 0. The van der Waals surface area contributed by atoms with Gasteiger partial charge in [0.2, 0.25) is 0 Å². The molecular weight excluding hydrogens is 232 g/mol. The number of hydrogen-bond acceptors (Lipinski definition) is 3. The fraction of sp³-hybridized carbons (Fsp3) is 0.600. The zero-order chi connectivity index (χ0) is 12.3. The van der Waals surface area contributed by atoms with Crippen molar-refractivity contribution in [3.8, 4) is 0 Å². The summed E-state index contributed by atoms with van der Waals surface area (Å²) in [4.78, 5) is 27.5. The van der Waals surface area contributed by atoms with Gasteiger partial charge < -0.3 is 9.72 Å². The lowest BCUT2D eigenvalue weighted by molar-refractivity contribution is 0.116. The molecule has 0 aromatic carbocycles. The number of ether oxygens (including phenoxy) is 1. The lowest BCUT2D eigenvalue weighted by atomic mass is 10.0. The molecule has 1 aromatic heterocycles. The summed E-state index contributed by atoms with van der Waals surface area (Å²) in [5.74, 6) is -0.0442. The molecule has 1 rings (SSSR count). The number of aromatic amines is 2. The molecule has 0 bridgehead atoms. The summed E-state index contributed by atoms with van der Waals surface area (Å²) in [6.45, 7) is 5.89. The van der Waals surface area contributed by atoms with Crippen LogP contribution in [0.25, 0.3) is 0 Å². The minimum atomic E-state index is -0.808. The molecule has 0 fully saturated rings. The van der Waals surface area contributed by atoms with Crippen LogP contribution in [-0.2, 0) is 4.74 Å². The van der Waals surface area contributed by atoms with E-state index in [1.807, 2.05) is 13.8 Å². The fourth-order valence-electron chi connectivity index (χ4n) is 1.50. The Bertz CT molecular complexity index is 464. The van der Waals surface area contributed by atoms with Crippen LogP contribution in [-0.4, -0.2) is 16.6 Å². The minimum Gasteiger partial charge on any atom is -0.357 e. The molecule has 0 saturated heterocycles. The summed E-state index contributed by atoms with van der Waals surface area (Å²) in [6, 6.07) is 0. The third-order valence-corrected chi connectivity index (χ3v) is 2.47. The maximum atomic E-state index is 11.6. The van der Waals surface area contributed by atoms with E-state index in [2.05, 4.69) is 9.97 Å². The van der Waals surface area contributed by atoms with Crippen LogP contribution in [0.15, 0.2) is 9.59 Å². The maximum absolute atomic E-state index is 11.6. The Kier molecular flexibility index (Phi) is 4.32. The summed E-state index contributed by atoms with van der Waals surface area (Å²) in [5.41, 5.74) is -1.01. The maximum Gasteiger partial charge on any atom is 0.326 e. The smallest absolute Gasteiger partial charge is 0.326 e. The predicted octanol–water partition coefficient (Wildman–Crippen LogP) is 1.46. The van der Waals surface area contributed by atoms with Gasteiger partial charge in [0.1, 0.15) is 0 Å². The lowest BCUT2D eigenvalue weighted by Crippen LogP contribution is -2.29. The number of hydrogen-bond donors (Lipinski definition) is 2. The molecule has 5 nitrogen and oxygen atoms in total. The van der Waals surface area contributed by atoms with Crippen molar-refractivity contribution in [2.24, 2.45) is 0 Å². The first-order valence-electron chi connectivity index (χ1n) is 5.09. The van der Waals surface area contributed by atoms with Gasteiger partial charge in [0, 0.05) is 12.2 Å². The molecule has 0 aliphatic heterocycles. The van der Waals surface area contributed by atoms with E-state index >= 15 is 0 Å². The highest BCUT2D eigenvalue weighted by atomic mass is 35.5. The van der Waals surface area contributed by atoms with Crippen LogP contribution in [0.5, 0.6) is 0 Å². The molecule has 16 heavy (non-hydrogen) atoms. The van der Waals surface area contributed by atoms with Crippen LogP contribution in [0, 0.1) is 0 Å². The molecule has 0 aliphatic carbocycles. The zero-order valence-corrected chi connectivity index (χ0v) is 10.2. The normalized spacial score (nSPS) is 13.1. The van der Waals surface area contributed by atoms with Crippen molar-refractivity contribution in [1.29, 1.82) is 0 Å². The first-order chi connectivity index (χ1) is 7.47. The summed E-state index contributed by atoms with van der Waals surface area (Å²) in [7, 11) is 0. The Labute approximate surface area is 97.8 Å². The summed E-state index contributed by atoms with van der Waals surface area (Å²) < 4.78 is 5.17. The minimum absolute atomic E-state index is 0.0442. The Hall–Kier alpha value is -1.07. The van der Waals surface area contributed by atoms with Crippen LogP contribution >= 0.6 is 11.6 Å². The molecule has 2 N–H and O–H groups in total. The first kappa shape index (κ1) is 13.0. The van der Waals surface area contributed by atoms with Crippen molar-refractivity contribution < 1.29 is 4.74 Å². The molecule has 6 heteroatoms. The van der Waals surface area contributed by atoms with Gasteiger partial charge in [-0.25, -0.2) is 4.79 Å². The molecule has 1 unspecified atom stereocenters. The van der Waals surface area contributed by atoms with E-state index in [1.54, 1.807) is 6.92 Å². The van der Waals surface area contributed by atoms with Crippen LogP contribution in [0.2, 0.25) is 0 Å². The number of H-pyrrole nitrogens is 2. The van der Waals surface area contributed by atoms with Crippen molar-refractivity contribution in [3.05, 3.63) is 32.1 Å². The van der Waals surface area contributed by atoms with Gasteiger partial charge in [-0.1, -0.05) is 25.4 Å². The highest BCUT2D eigenvalue weighted by Gasteiger charge is 2.19. The average molecular weight is 247 g/mol. The van der Waals surface area contributed by atoms with Crippen molar-refractivity contribution >= 4 is 11.6 Å². The molecule has 1 heterocycles. The summed E-state index contributed by atoms with van der Waals surface area (Å²) in [5, 5.41) is 0. The van der Waals surface area contributed by atoms with E-state index in [9.17, 15) is 9.59 Å². The molecule has 0 radical (unpaired) electrons. The predicted molar refractivity (Wildman–Crippen MR) is 62.0 cm³/mol. The van der Waals surface area contributed by atoms with Crippen molar-refractivity contribution in [2.75, 3.05) is 6.61 Å². The topological polar surface area (TPSA) is 75.0 Å². The second kappa shape index (κ2) is 5.32. The van der Waals surface area contributed by atoms with Crippen LogP contribution in [0.3, 0.4) is 0 Å². The van der Waals surface area contributed by atoms with E-state index in [0.717, 1.165) is 0 Å². The largest absolute Gasteiger partial charge is 0.357 e. The first-order valence-corrected chi connectivity index (χ1v) is 5.53. The van der Waals surface area contributed by atoms with E-state index in [4.69, 9.17) is 16.3 Å². The number of halogens is 1. The zero-order valence-electron chi connectivity index (χ0n) is 9.46. The van der Waals surface area contributed by atoms with E-state index in [1.165, 1.54) is 0 Å². The van der Waals surface area contributed by atoms with Gasteiger partial charge in [0.05, 0.1) is 5.69 Å². The summed E-state index contributed by atoms with van der Waals surface area (Å²) >= 11 is 5.95. The number of alkyl halides is 1. The highest BCUT2D eigenvalue weighted by Crippen LogP contribution is 2.24. The van der Waals surface area contributed by atoms with Crippen LogP contribution in [0.1, 0.15) is 43.5 Å². The standard InChI is InChI=1S/C10H15ClN2O3/c1-4-16-8(11)7-6(5(2)3)9(14)13-10(15)12-7/h5,8H,4H2,1-3H3,(H2,12,13,14,15). The van der Waals surface area contributed by atoms with Crippen LogP contribution < -0.4 is 11.2 Å². The van der Waals surface area contributed by atoms with Gasteiger partial charge in [-0.3, -0.25) is 9.78 Å². The third kappa shape index (κ3) is 2.74. The SMILES string of the molecule is CCOC(Cl)c1[nH]c(=O)[nH]c(=O)c1C(C)C. The van der Waals surface area contributed by atoms with Gasteiger partial charge in [0.25, 0.3) is 5.56 Å². The molecule has 0 aliphatic rings. The van der Waals surface area contributed by atoms with Gasteiger partial charge in [-0.2, -0.15) is 0 Å². The van der Waals surface area contributed by atoms with Gasteiger partial charge in [-0.15, -0.1) is 0 Å². The molecule has 90 valence electrons. The number of aromatic nitrogens is 2. The fourth-order valence-corrected chi connectivity index (χ4v) is 1.79. The Balaban J connectivity index is 3.35. The number of rotatable bonds is 4. The molecule has 1 atom stereocenters. The van der Waals surface area contributed by atoms with E-state index in [-0.39, 0.29) is 5.92 Å². The van der Waals surface area contributed by atoms with E-state index in [0.29, 0.717) is 17.9 Å². The molecule has 0 spiro atoms. The third-order valence-electron chi connectivity index (χ3n) is 2.13. The monoisotopic (exact) mass is 246 g/mol. The van der Waals surface area contributed by atoms with E-state index < -0.39 is 16.8 Å². The molecule has 1 aromatic rings. The average Bonchev–Trinajstić information content (AvgIpc) is 2.15. The second-order valence-electron chi connectivity index (χ2n) is 3.66. The van der Waals surface area contributed by atoms with Crippen molar-refractivity contribution in [1.82, 2.24) is 9.97 Å². The van der Waals surface area contributed by atoms with Gasteiger partial charge >= 0.3 is 5.69 Å². The van der Waals surface area contributed by atoms with Gasteiger partial charge in [-0.05, 0) is 12.8 Å². The Morgan fingerprint density at radius 2 is 1.94 bits per heavy atom. The van der Waals surface area contributed by atoms with Crippen LogP contribution in [0.4, 0.5) is 0 Å². The quantitative estimate of drug-likeness (QED) is 0.790. The Morgan fingerprint density at radius 3 is 2.44 bits per heavy atom. The molecule has 0 saturated carbocycles. The Morgan fingerprint density at radius 1 is 1.31 bits per heavy atom. The highest BCUT2D eigenvalue weighted by molar-refractivity contribution is 6.19.